The quantitative estimate of drug-likeness (QED) is 0.491. The fourth-order valence-electron chi connectivity index (χ4n) is 4.00. The summed E-state index contributed by atoms with van der Waals surface area (Å²) < 4.78 is 37.3. The molecule has 32 heavy (non-hydrogen) atoms. The zero-order valence-electron chi connectivity index (χ0n) is 18.6. The number of ether oxygens (including phenoxy) is 2. The van der Waals surface area contributed by atoms with Crippen molar-refractivity contribution >= 4 is 26.3 Å². The van der Waals surface area contributed by atoms with Crippen molar-refractivity contribution in [2.75, 3.05) is 32.2 Å². The summed E-state index contributed by atoms with van der Waals surface area (Å²) in [6, 6.07) is 13.4. The smallest absolute Gasteiger partial charge is 0.185 e. The molecule has 2 aromatic carbocycles. The molecule has 0 N–H and O–H groups in total. The van der Waals surface area contributed by atoms with E-state index in [4.69, 9.17) is 14.5 Å². The number of hydrogen-bond donors (Lipinski definition) is 0. The Hall–Kier alpha value is -2.58. The highest BCUT2D eigenvalue weighted by Crippen LogP contribution is 2.35. The van der Waals surface area contributed by atoms with E-state index in [-0.39, 0.29) is 4.90 Å². The molecular formula is C24H28N2O4S2. The molecule has 1 aromatic heterocycles. The Morgan fingerprint density at radius 3 is 2.41 bits per heavy atom. The van der Waals surface area contributed by atoms with Gasteiger partial charge in [0.25, 0.3) is 0 Å². The number of rotatable bonds is 7. The third kappa shape index (κ3) is 4.47. The van der Waals surface area contributed by atoms with Crippen LogP contribution in [0.25, 0.3) is 11.3 Å². The monoisotopic (exact) mass is 472 g/mol. The summed E-state index contributed by atoms with van der Waals surface area (Å²) in [6.45, 7) is 3.44. The van der Waals surface area contributed by atoms with Gasteiger partial charge in [0.2, 0.25) is 0 Å². The normalized spacial score (nSPS) is 15.0. The predicted molar refractivity (Wildman–Crippen MR) is 129 cm³/mol. The van der Waals surface area contributed by atoms with Crippen LogP contribution in [0, 0.1) is 0 Å². The molecule has 0 saturated carbocycles. The van der Waals surface area contributed by atoms with Gasteiger partial charge in [-0.3, -0.25) is 0 Å². The highest BCUT2D eigenvalue weighted by molar-refractivity contribution is 7.92. The Morgan fingerprint density at radius 2 is 1.78 bits per heavy atom. The van der Waals surface area contributed by atoms with Crippen LogP contribution in [0.3, 0.4) is 0 Å². The lowest BCUT2D eigenvalue weighted by Gasteiger charge is -2.31. The molecule has 0 unspecified atom stereocenters. The summed E-state index contributed by atoms with van der Waals surface area (Å²) in [7, 11) is -0.526. The Labute approximate surface area is 193 Å². The molecule has 1 aliphatic heterocycles. The Kier molecular flexibility index (Phi) is 6.71. The first-order valence-electron chi connectivity index (χ1n) is 10.7. The van der Waals surface area contributed by atoms with Gasteiger partial charge in [0.1, 0.15) is 16.4 Å². The number of thiazole rings is 1. The summed E-state index contributed by atoms with van der Waals surface area (Å²) >= 11 is 1.61. The lowest BCUT2D eigenvalue weighted by Crippen LogP contribution is -2.39. The van der Waals surface area contributed by atoms with E-state index >= 15 is 0 Å². The summed E-state index contributed by atoms with van der Waals surface area (Å²) in [5.41, 5.74) is 3.37. The molecule has 1 saturated heterocycles. The maximum Gasteiger partial charge on any atom is 0.185 e. The van der Waals surface area contributed by atoms with Crippen molar-refractivity contribution in [2.45, 2.75) is 36.3 Å². The van der Waals surface area contributed by atoms with Crippen LogP contribution in [0.4, 0.5) is 5.13 Å². The first kappa shape index (κ1) is 22.6. The number of piperidine rings is 1. The van der Waals surface area contributed by atoms with Gasteiger partial charge < -0.3 is 14.4 Å². The maximum atomic E-state index is 13.4. The number of anilines is 1. The van der Waals surface area contributed by atoms with Crippen molar-refractivity contribution in [3.63, 3.8) is 0 Å². The van der Waals surface area contributed by atoms with Gasteiger partial charge in [-0.25, -0.2) is 13.4 Å². The third-order valence-corrected chi connectivity index (χ3v) is 9.16. The number of nitrogens with zero attached hydrogens (tertiary/aromatic N) is 2. The first-order chi connectivity index (χ1) is 15.5. The van der Waals surface area contributed by atoms with E-state index in [0.29, 0.717) is 37.4 Å². The molecule has 0 bridgehead atoms. The van der Waals surface area contributed by atoms with Gasteiger partial charge >= 0.3 is 0 Å². The molecule has 1 aliphatic rings. The zero-order valence-corrected chi connectivity index (χ0v) is 20.2. The third-order valence-electron chi connectivity index (χ3n) is 5.98. The van der Waals surface area contributed by atoms with E-state index in [9.17, 15) is 8.42 Å². The molecule has 0 aliphatic carbocycles. The molecule has 1 fully saturated rings. The van der Waals surface area contributed by atoms with Crippen molar-refractivity contribution in [1.29, 1.82) is 0 Å². The summed E-state index contributed by atoms with van der Waals surface area (Å²) in [5, 5.41) is 2.55. The van der Waals surface area contributed by atoms with E-state index < -0.39 is 15.1 Å². The average molecular weight is 473 g/mol. The molecule has 6 nitrogen and oxygen atoms in total. The van der Waals surface area contributed by atoms with Crippen LogP contribution < -0.4 is 14.4 Å². The fraction of sp³-hybridized carbons (Fsp3) is 0.375. The van der Waals surface area contributed by atoms with Crippen molar-refractivity contribution in [1.82, 2.24) is 4.98 Å². The Morgan fingerprint density at radius 1 is 1.06 bits per heavy atom. The van der Waals surface area contributed by atoms with Crippen molar-refractivity contribution < 1.29 is 17.9 Å². The number of aromatic nitrogens is 1. The van der Waals surface area contributed by atoms with Gasteiger partial charge in [-0.1, -0.05) is 31.2 Å². The fourth-order valence-corrected chi connectivity index (χ4v) is 6.79. The van der Waals surface area contributed by atoms with Crippen LogP contribution in [0.5, 0.6) is 11.5 Å². The molecular weight excluding hydrogens is 444 g/mol. The molecule has 0 amide bonds. The lowest BCUT2D eigenvalue weighted by molar-refractivity contribution is 0.391. The number of sulfone groups is 1. The largest absolute Gasteiger partial charge is 0.497 e. The van der Waals surface area contributed by atoms with Gasteiger partial charge in [0.05, 0.1) is 25.2 Å². The predicted octanol–water partition coefficient (Wildman–Crippen LogP) is 4.83. The second-order valence-corrected chi connectivity index (χ2v) is 10.8. The van der Waals surface area contributed by atoms with Gasteiger partial charge in [0.15, 0.2) is 15.0 Å². The van der Waals surface area contributed by atoms with Crippen molar-refractivity contribution in [3.05, 3.63) is 53.4 Å². The van der Waals surface area contributed by atoms with Gasteiger partial charge in [-0.05, 0) is 37.0 Å². The van der Waals surface area contributed by atoms with Crippen LogP contribution in [0.15, 0.2) is 52.7 Å². The number of hydrogen-bond acceptors (Lipinski definition) is 7. The van der Waals surface area contributed by atoms with E-state index in [1.54, 1.807) is 29.5 Å². The van der Waals surface area contributed by atoms with E-state index in [0.717, 1.165) is 22.8 Å². The van der Waals surface area contributed by atoms with Gasteiger partial charge in [-0.15, -0.1) is 11.3 Å². The van der Waals surface area contributed by atoms with E-state index in [1.165, 1.54) is 19.8 Å². The minimum absolute atomic E-state index is 0.199. The van der Waals surface area contributed by atoms with Crippen LogP contribution >= 0.6 is 11.3 Å². The first-order valence-corrected chi connectivity index (χ1v) is 13.1. The van der Waals surface area contributed by atoms with Gasteiger partial charge in [0, 0.05) is 30.1 Å². The second kappa shape index (κ2) is 9.50. The number of benzene rings is 2. The lowest BCUT2D eigenvalue weighted by atomic mass is 10.1. The molecule has 0 atom stereocenters. The van der Waals surface area contributed by atoms with Crippen molar-refractivity contribution in [3.8, 4) is 22.8 Å². The highest BCUT2D eigenvalue weighted by atomic mass is 32.2. The van der Waals surface area contributed by atoms with Crippen molar-refractivity contribution in [2.24, 2.45) is 0 Å². The summed E-state index contributed by atoms with van der Waals surface area (Å²) in [5.74, 6) is 0.857. The Balaban J connectivity index is 1.47. The number of methoxy groups -OCH3 is 2. The SMILES string of the molecule is CCc1ccc(-c2csc(N3CCC(S(=O)(=O)c4cc(OC)ccc4OC)CC3)n2)cc1. The molecule has 0 spiro atoms. The van der Waals surface area contributed by atoms with E-state index in [1.807, 2.05) is 0 Å². The second-order valence-electron chi connectivity index (χ2n) is 7.81. The topological polar surface area (TPSA) is 68.7 Å². The molecule has 0 radical (unpaired) electrons. The minimum Gasteiger partial charge on any atom is -0.497 e. The van der Waals surface area contributed by atoms with Crippen LogP contribution in [-0.4, -0.2) is 46.0 Å². The van der Waals surface area contributed by atoms with E-state index in [2.05, 4.69) is 41.5 Å². The molecule has 3 aromatic rings. The maximum absolute atomic E-state index is 13.4. The standard InChI is InChI=1S/C24H28N2O4S2/c1-4-17-5-7-18(8-6-17)21-16-31-24(25-21)26-13-11-20(12-14-26)32(27,28)23-15-19(29-2)9-10-22(23)30-3/h5-10,15-16,20H,4,11-14H2,1-3H3. The minimum atomic E-state index is -3.54. The highest BCUT2D eigenvalue weighted by Gasteiger charge is 2.34. The molecule has 2 heterocycles. The molecule has 170 valence electrons. The molecule has 4 rings (SSSR count). The summed E-state index contributed by atoms with van der Waals surface area (Å²) in [4.78, 5) is 7.20. The van der Waals surface area contributed by atoms with Crippen LogP contribution in [-0.2, 0) is 16.3 Å². The average Bonchev–Trinajstić information content (AvgIpc) is 3.34. The summed E-state index contributed by atoms with van der Waals surface area (Å²) in [6.07, 6.45) is 2.10. The van der Waals surface area contributed by atoms with Gasteiger partial charge in [-0.2, -0.15) is 0 Å². The van der Waals surface area contributed by atoms with Crippen LogP contribution in [0.2, 0.25) is 0 Å². The Bertz CT molecular complexity index is 1160. The van der Waals surface area contributed by atoms with Crippen LogP contribution in [0.1, 0.15) is 25.3 Å². The molecule has 8 heteroatoms. The zero-order chi connectivity index (χ0) is 22.7. The number of aryl methyl sites for hydroxylation is 1.